The number of benzene rings is 1. The zero-order valence-corrected chi connectivity index (χ0v) is 12.5. The summed E-state index contributed by atoms with van der Waals surface area (Å²) in [5.74, 6) is -0.286. The Morgan fingerprint density at radius 3 is 2.86 bits per heavy atom. The van der Waals surface area contributed by atoms with Crippen molar-refractivity contribution in [3.63, 3.8) is 0 Å². The minimum absolute atomic E-state index is 0.0541. The second kappa shape index (κ2) is 6.41. The van der Waals surface area contributed by atoms with Crippen LogP contribution in [-0.4, -0.2) is 34.4 Å². The number of nitrogens with two attached hydrogens (primary N) is 1. The van der Waals surface area contributed by atoms with Crippen LogP contribution in [0.25, 0.3) is 0 Å². The number of likely N-dealkylation sites (tertiary alicyclic amines) is 1. The zero-order valence-electron chi connectivity index (χ0n) is 11.8. The molecule has 2 unspecified atom stereocenters. The van der Waals surface area contributed by atoms with Crippen LogP contribution in [0, 0.1) is 10.1 Å². The molecule has 2 rings (SSSR count). The van der Waals surface area contributed by atoms with Crippen LogP contribution in [0.3, 0.4) is 0 Å². The highest BCUT2D eigenvalue weighted by molar-refractivity contribution is 6.33. The summed E-state index contributed by atoms with van der Waals surface area (Å²) in [6, 6.07) is 3.71. The van der Waals surface area contributed by atoms with E-state index in [1.54, 1.807) is 4.90 Å². The maximum Gasteiger partial charge on any atom is 0.270 e. The standard InChI is InChI=1S/C14H18ClN3O3/c1-9(16)13-4-2-3-7-17(13)14(19)11-8-10(18(20)21)5-6-12(11)15/h5-6,8-9,13H,2-4,7,16H2,1H3. The van der Waals surface area contributed by atoms with Crippen molar-refractivity contribution >= 4 is 23.2 Å². The first kappa shape index (κ1) is 15.7. The van der Waals surface area contributed by atoms with Crippen LogP contribution >= 0.6 is 11.6 Å². The third-order valence-electron chi connectivity index (χ3n) is 3.81. The Morgan fingerprint density at radius 2 is 2.24 bits per heavy atom. The van der Waals surface area contributed by atoms with E-state index in [0.717, 1.165) is 19.3 Å². The molecule has 0 aromatic heterocycles. The van der Waals surface area contributed by atoms with E-state index in [0.29, 0.717) is 6.54 Å². The number of nitro groups is 1. The van der Waals surface area contributed by atoms with E-state index < -0.39 is 4.92 Å². The van der Waals surface area contributed by atoms with Crippen molar-refractivity contribution in [2.75, 3.05) is 6.54 Å². The van der Waals surface area contributed by atoms with Crippen molar-refractivity contribution in [1.82, 2.24) is 4.90 Å². The van der Waals surface area contributed by atoms with Crippen LogP contribution in [0.1, 0.15) is 36.5 Å². The second-order valence-electron chi connectivity index (χ2n) is 5.34. The predicted molar refractivity (Wildman–Crippen MR) is 80.4 cm³/mol. The Bertz CT molecular complexity index is 562. The summed E-state index contributed by atoms with van der Waals surface area (Å²) in [6.07, 6.45) is 2.77. The summed E-state index contributed by atoms with van der Waals surface area (Å²) in [6.45, 7) is 2.47. The SMILES string of the molecule is CC(N)C1CCCCN1C(=O)c1cc([N+](=O)[O-])ccc1Cl. The maximum absolute atomic E-state index is 12.7. The molecule has 7 heteroatoms. The van der Waals surface area contributed by atoms with Gasteiger partial charge in [0, 0.05) is 30.8 Å². The van der Waals surface area contributed by atoms with Gasteiger partial charge in [0.2, 0.25) is 0 Å². The van der Waals surface area contributed by atoms with Gasteiger partial charge >= 0.3 is 0 Å². The van der Waals surface area contributed by atoms with Crippen molar-refractivity contribution < 1.29 is 9.72 Å². The molecule has 1 aliphatic rings. The molecule has 0 bridgehead atoms. The van der Waals surface area contributed by atoms with Crippen molar-refractivity contribution in [1.29, 1.82) is 0 Å². The lowest BCUT2D eigenvalue weighted by atomic mass is 9.96. The van der Waals surface area contributed by atoms with Crippen molar-refractivity contribution in [2.24, 2.45) is 5.73 Å². The van der Waals surface area contributed by atoms with Gasteiger partial charge in [0.1, 0.15) is 0 Å². The second-order valence-corrected chi connectivity index (χ2v) is 5.75. The average molecular weight is 312 g/mol. The number of halogens is 1. The summed E-state index contributed by atoms with van der Waals surface area (Å²) < 4.78 is 0. The van der Waals surface area contributed by atoms with Crippen molar-refractivity contribution in [3.05, 3.63) is 38.9 Å². The third kappa shape index (κ3) is 3.33. The number of nitrogens with zero attached hydrogens (tertiary/aromatic N) is 2. The number of rotatable bonds is 3. The fourth-order valence-electron chi connectivity index (χ4n) is 2.70. The van der Waals surface area contributed by atoms with Crippen LogP contribution in [0.5, 0.6) is 0 Å². The highest BCUT2D eigenvalue weighted by Crippen LogP contribution is 2.27. The molecule has 1 aromatic rings. The monoisotopic (exact) mass is 311 g/mol. The van der Waals surface area contributed by atoms with Crippen molar-refractivity contribution in [3.8, 4) is 0 Å². The molecule has 1 fully saturated rings. The van der Waals surface area contributed by atoms with E-state index in [-0.39, 0.29) is 34.3 Å². The predicted octanol–water partition coefficient (Wildman–Crippen LogP) is 2.59. The minimum atomic E-state index is -0.535. The van der Waals surface area contributed by atoms with E-state index in [1.807, 2.05) is 6.92 Å². The fraction of sp³-hybridized carbons (Fsp3) is 0.500. The normalized spacial score (nSPS) is 20.1. The van der Waals surface area contributed by atoms with E-state index in [1.165, 1.54) is 18.2 Å². The average Bonchev–Trinajstić information content (AvgIpc) is 2.46. The number of carbonyl (C=O) groups excluding carboxylic acids is 1. The van der Waals surface area contributed by atoms with Gasteiger partial charge in [-0.05, 0) is 32.3 Å². The van der Waals surface area contributed by atoms with Crippen LogP contribution in [0.4, 0.5) is 5.69 Å². The minimum Gasteiger partial charge on any atom is -0.334 e. The topological polar surface area (TPSA) is 89.5 Å². The molecular formula is C14H18ClN3O3. The summed E-state index contributed by atoms with van der Waals surface area (Å²) >= 11 is 6.04. The van der Waals surface area contributed by atoms with Crippen LogP contribution in [0.15, 0.2) is 18.2 Å². The lowest BCUT2D eigenvalue weighted by Gasteiger charge is -2.38. The maximum atomic E-state index is 12.7. The van der Waals surface area contributed by atoms with Gasteiger partial charge in [0.25, 0.3) is 11.6 Å². The van der Waals surface area contributed by atoms with Gasteiger partial charge in [-0.1, -0.05) is 11.6 Å². The van der Waals surface area contributed by atoms with Crippen LogP contribution in [-0.2, 0) is 0 Å². The molecule has 0 aliphatic carbocycles. The molecule has 0 saturated carbocycles. The lowest BCUT2D eigenvalue weighted by Crippen LogP contribution is -2.51. The van der Waals surface area contributed by atoms with Gasteiger partial charge < -0.3 is 10.6 Å². The first-order valence-corrected chi connectivity index (χ1v) is 7.30. The molecule has 6 nitrogen and oxygen atoms in total. The highest BCUT2D eigenvalue weighted by Gasteiger charge is 2.31. The smallest absolute Gasteiger partial charge is 0.270 e. The molecule has 1 heterocycles. The summed E-state index contributed by atoms with van der Waals surface area (Å²) in [4.78, 5) is 24.7. The first-order valence-electron chi connectivity index (χ1n) is 6.92. The quantitative estimate of drug-likeness (QED) is 0.686. The van der Waals surface area contributed by atoms with Crippen molar-refractivity contribution in [2.45, 2.75) is 38.3 Å². The van der Waals surface area contributed by atoms with Crippen LogP contribution < -0.4 is 5.73 Å². The molecule has 2 atom stereocenters. The Hall–Kier alpha value is -1.66. The number of hydrogen-bond donors (Lipinski definition) is 1. The van der Waals surface area contributed by atoms with E-state index in [2.05, 4.69) is 0 Å². The highest BCUT2D eigenvalue weighted by atomic mass is 35.5. The molecule has 1 amide bonds. The van der Waals surface area contributed by atoms with Gasteiger partial charge in [-0.2, -0.15) is 0 Å². The summed E-state index contributed by atoms with van der Waals surface area (Å²) in [5.41, 5.74) is 5.98. The Kier molecular flexibility index (Phi) is 4.80. The van der Waals surface area contributed by atoms with Gasteiger partial charge in [0.15, 0.2) is 0 Å². The first-order chi connectivity index (χ1) is 9.91. The molecule has 21 heavy (non-hydrogen) atoms. The molecule has 0 spiro atoms. The molecule has 2 N–H and O–H groups in total. The summed E-state index contributed by atoms with van der Waals surface area (Å²) in [7, 11) is 0. The number of nitro benzene ring substituents is 1. The molecule has 1 saturated heterocycles. The number of piperidine rings is 1. The Morgan fingerprint density at radius 1 is 1.52 bits per heavy atom. The summed E-state index contributed by atoms with van der Waals surface area (Å²) in [5, 5.41) is 11.1. The molecular weight excluding hydrogens is 294 g/mol. The number of non-ortho nitro benzene ring substituents is 1. The molecule has 0 radical (unpaired) electrons. The lowest BCUT2D eigenvalue weighted by molar-refractivity contribution is -0.384. The van der Waals surface area contributed by atoms with Crippen LogP contribution in [0.2, 0.25) is 5.02 Å². The van der Waals surface area contributed by atoms with Gasteiger partial charge in [-0.25, -0.2) is 0 Å². The zero-order chi connectivity index (χ0) is 15.6. The molecule has 114 valence electrons. The Balaban J connectivity index is 2.34. The van der Waals surface area contributed by atoms with Gasteiger partial charge in [-0.15, -0.1) is 0 Å². The number of carbonyl (C=O) groups is 1. The number of hydrogen-bond acceptors (Lipinski definition) is 4. The largest absolute Gasteiger partial charge is 0.334 e. The molecule has 1 aromatic carbocycles. The number of amides is 1. The van der Waals surface area contributed by atoms with Gasteiger partial charge in [-0.3, -0.25) is 14.9 Å². The van der Waals surface area contributed by atoms with E-state index in [4.69, 9.17) is 17.3 Å². The Labute approximate surface area is 128 Å². The fourth-order valence-corrected chi connectivity index (χ4v) is 2.90. The molecule has 1 aliphatic heterocycles. The van der Waals surface area contributed by atoms with E-state index >= 15 is 0 Å². The van der Waals surface area contributed by atoms with E-state index in [9.17, 15) is 14.9 Å². The third-order valence-corrected chi connectivity index (χ3v) is 4.14. The van der Waals surface area contributed by atoms with Gasteiger partial charge in [0.05, 0.1) is 15.5 Å².